The highest BCUT2D eigenvalue weighted by Gasteiger charge is 2.14. The number of aryl methyl sites for hydroxylation is 2. The molecule has 0 fully saturated rings. The normalized spacial score (nSPS) is 13.0. The van der Waals surface area contributed by atoms with Crippen molar-refractivity contribution in [2.75, 3.05) is 5.32 Å². The molecule has 5 aromatic rings. The highest BCUT2D eigenvalue weighted by Crippen LogP contribution is 2.39. The van der Waals surface area contributed by atoms with E-state index in [-0.39, 0.29) is 0 Å². The maximum absolute atomic E-state index is 3.77. The number of benzene rings is 5. The van der Waals surface area contributed by atoms with E-state index in [9.17, 15) is 0 Å². The number of hydrogen-bond donors (Lipinski definition) is 1. The fraction of sp³-hybridized carbons (Fsp3) is 0.125. The van der Waals surface area contributed by atoms with Crippen molar-refractivity contribution in [1.29, 1.82) is 0 Å². The average molecular weight is 426 g/mol. The van der Waals surface area contributed by atoms with Gasteiger partial charge in [0.25, 0.3) is 0 Å². The maximum atomic E-state index is 3.77. The van der Waals surface area contributed by atoms with Crippen molar-refractivity contribution in [1.82, 2.24) is 0 Å². The number of hydrogen-bond acceptors (Lipinski definition) is 1. The Hall–Kier alpha value is -3.84. The van der Waals surface area contributed by atoms with Crippen molar-refractivity contribution in [2.24, 2.45) is 0 Å². The topological polar surface area (TPSA) is 12.0 Å². The second-order valence-corrected chi connectivity index (χ2v) is 8.97. The summed E-state index contributed by atoms with van der Waals surface area (Å²) in [5.74, 6) is 0. The molecule has 0 aromatic heterocycles. The summed E-state index contributed by atoms with van der Waals surface area (Å²) in [7, 11) is 0. The Bertz CT molecular complexity index is 1430. The molecule has 1 aliphatic rings. The molecule has 0 atom stereocenters. The second-order valence-electron chi connectivity index (χ2n) is 8.97. The first-order chi connectivity index (χ1) is 16.3. The Kier molecular flexibility index (Phi) is 5.16. The molecular formula is C32H27N. The number of fused-ring (bicyclic) bond motifs is 2. The van der Waals surface area contributed by atoms with Crippen molar-refractivity contribution in [3.63, 3.8) is 0 Å². The van der Waals surface area contributed by atoms with Crippen LogP contribution in [0.25, 0.3) is 33.0 Å². The van der Waals surface area contributed by atoms with Gasteiger partial charge in [-0.05, 0) is 88.5 Å². The fourth-order valence-electron chi connectivity index (χ4n) is 5.14. The molecule has 0 saturated heterocycles. The fourth-order valence-corrected chi connectivity index (χ4v) is 5.14. The monoisotopic (exact) mass is 425 g/mol. The molecule has 160 valence electrons. The summed E-state index contributed by atoms with van der Waals surface area (Å²) < 4.78 is 0. The lowest BCUT2D eigenvalue weighted by atomic mass is 9.91. The summed E-state index contributed by atoms with van der Waals surface area (Å²) >= 11 is 0. The van der Waals surface area contributed by atoms with Crippen LogP contribution in [0, 0.1) is 0 Å². The molecule has 5 aromatic carbocycles. The van der Waals surface area contributed by atoms with Gasteiger partial charge in [0.05, 0.1) is 0 Å². The van der Waals surface area contributed by atoms with Gasteiger partial charge in [0, 0.05) is 16.9 Å². The van der Waals surface area contributed by atoms with Gasteiger partial charge >= 0.3 is 0 Å². The first kappa shape index (κ1) is 19.8. The van der Waals surface area contributed by atoms with Crippen LogP contribution < -0.4 is 5.32 Å². The van der Waals surface area contributed by atoms with E-state index in [1.54, 1.807) is 0 Å². The minimum Gasteiger partial charge on any atom is -0.355 e. The molecule has 33 heavy (non-hydrogen) atoms. The number of nitrogens with one attached hydrogen (secondary N) is 1. The molecule has 0 saturated carbocycles. The van der Waals surface area contributed by atoms with Crippen LogP contribution >= 0.6 is 0 Å². The Morgan fingerprint density at radius 3 is 2.18 bits per heavy atom. The number of anilines is 2. The zero-order valence-corrected chi connectivity index (χ0v) is 18.7. The van der Waals surface area contributed by atoms with Crippen LogP contribution in [0.3, 0.4) is 0 Å². The maximum Gasteiger partial charge on any atom is 0.0470 e. The predicted molar refractivity (Wildman–Crippen MR) is 141 cm³/mol. The molecule has 1 N–H and O–H groups in total. The molecule has 0 unspecified atom stereocenters. The summed E-state index contributed by atoms with van der Waals surface area (Å²) in [6, 6.07) is 39.6. The molecule has 1 nitrogen and oxygen atoms in total. The summed E-state index contributed by atoms with van der Waals surface area (Å²) in [6.07, 6.45) is 5.01. The Balaban J connectivity index is 1.48. The van der Waals surface area contributed by atoms with E-state index in [2.05, 4.69) is 115 Å². The number of rotatable bonds is 4. The predicted octanol–water partition coefficient (Wildman–Crippen LogP) is 8.80. The smallest absolute Gasteiger partial charge is 0.0470 e. The van der Waals surface area contributed by atoms with Gasteiger partial charge in [-0.25, -0.2) is 0 Å². The summed E-state index contributed by atoms with van der Waals surface area (Å²) in [6.45, 7) is 0. The lowest BCUT2D eigenvalue weighted by Gasteiger charge is -2.19. The molecular weight excluding hydrogens is 398 g/mol. The molecule has 1 heteroatoms. The van der Waals surface area contributed by atoms with Crippen LogP contribution in [-0.4, -0.2) is 0 Å². The van der Waals surface area contributed by atoms with Crippen molar-refractivity contribution in [3.05, 3.63) is 120 Å². The van der Waals surface area contributed by atoms with Crippen LogP contribution in [0.5, 0.6) is 0 Å². The van der Waals surface area contributed by atoms with Gasteiger partial charge in [-0.3, -0.25) is 0 Å². The molecule has 6 rings (SSSR count). The highest BCUT2D eigenvalue weighted by molar-refractivity contribution is 6.04. The third-order valence-electron chi connectivity index (χ3n) is 6.81. The third-order valence-corrected chi connectivity index (χ3v) is 6.81. The van der Waals surface area contributed by atoms with Crippen LogP contribution in [0.1, 0.15) is 24.0 Å². The SMILES string of the molecule is c1ccc(-c2cccc(-c3c(Nc4ccc5c(c4)CCCC5)ccc4ccccc34)c2)cc1. The van der Waals surface area contributed by atoms with Gasteiger partial charge < -0.3 is 5.32 Å². The standard InChI is InChI=1S/C32H27N/c1-2-9-23(10-3-1)26-14-8-15-28(21-26)32-30-16-7-6-12-25(30)18-20-31(32)33-29-19-17-24-11-4-5-13-27(24)22-29/h1-3,6-10,12,14-22,33H,4-5,11,13H2. The Morgan fingerprint density at radius 2 is 1.27 bits per heavy atom. The molecule has 0 aliphatic heterocycles. The van der Waals surface area contributed by atoms with E-state index in [1.165, 1.54) is 75.5 Å². The van der Waals surface area contributed by atoms with Crippen molar-refractivity contribution in [2.45, 2.75) is 25.7 Å². The summed E-state index contributed by atoms with van der Waals surface area (Å²) in [5.41, 5.74) is 10.3. The molecule has 1 aliphatic carbocycles. The first-order valence-electron chi connectivity index (χ1n) is 11.9. The summed E-state index contributed by atoms with van der Waals surface area (Å²) in [4.78, 5) is 0. The first-order valence-corrected chi connectivity index (χ1v) is 11.9. The second kappa shape index (κ2) is 8.60. The minimum atomic E-state index is 1.15. The van der Waals surface area contributed by atoms with E-state index in [4.69, 9.17) is 0 Å². The van der Waals surface area contributed by atoms with Gasteiger partial charge in [-0.1, -0.05) is 84.9 Å². The van der Waals surface area contributed by atoms with Crippen LogP contribution in [0.2, 0.25) is 0 Å². The lowest BCUT2D eigenvalue weighted by molar-refractivity contribution is 0.686. The van der Waals surface area contributed by atoms with E-state index in [1.807, 2.05) is 0 Å². The molecule has 0 bridgehead atoms. The molecule has 0 spiro atoms. The third kappa shape index (κ3) is 3.91. The summed E-state index contributed by atoms with van der Waals surface area (Å²) in [5, 5.41) is 6.30. The Labute approximate surface area is 195 Å². The van der Waals surface area contributed by atoms with E-state index in [0.717, 1.165) is 5.69 Å². The van der Waals surface area contributed by atoms with Crippen molar-refractivity contribution in [3.8, 4) is 22.3 Å². The van der Waals surface area contributed by atoms with Crippen LogP contribution in [0.15, 0.2) is 109 Å². The van der Waals surface area contributed by atoms with Crippen LogP contribution in [0.4, 0.5) is 11.4 Å². The van der Waals surface area contributed by atoms with Crippen molar-refractivity contribution < 1.29 is 0 Å². The van der Waals surface area contributed by atoms with Gasteiger partial charge in [0.1, 0.15) is 0 Å². The minimum absolute atomic E-state index is 1.15. The van der Waals surface area contributed by atoms with Gasteiger partial charge in [-0.15, -0.1) is 0 Å². The zero-order valence-electron chi connectivity index (χ0n) is 18.7. The Morgan fingerprint density at radius 1 is 0.515 bits per heavy atom. The highest BCUT2D eigenvalue weighted by atomic mass is 14.9. The average Bonchev–Trinajstić information content (AvgIpc) is 2.89. The van der Waals surface area contributed by atoms with E-state index < -0.39 is 0 Å². The lowest BCUT2D eigenvalue weighted by Crippen LogP contribution is -2.03. The molecule has 0 amide bonds. The van der Waals surface area contributed by atoms with E-state index >= 15 is 0 Å². The quantitative estimate of drug-likeness (QED) is 0.303. The van der Waals surface area contributed by atoms with E-state index in [0.29, 0.717) is 0 Å². The van der Waals surface area contributed by atoms with Crippen molar-refractivity contribution >= 4 is 22.1 Å². The molecule has 0 heterocycles. The zero-order chi connectivity index (χ0) is 22.0. The largest absolute Gasteiger partial charge is 0.355 e. The van der Waals surface area contributed by atoms with Gasteiger partial charge in [0.2, 0.25) is 0 Å². The molecule has 0 radical (unpaired) electrons. The van der Waals surface area contributed by atoms with Gasteiger partial charge in [0.15, 0.2) is 0 Å². The van der Waals surface area contributed by atoms with Gasteiger partial charge in [-0.2, -0.15) is 0 Å². The van der Waals surface area contributed by atoms with Crippen LogP contribution in [-0.2, 0) is 12.8 Å².